The van der Waals surface area contributed by atoms with Crippen molar-refractivity contribution in [2.24, 2.45) is 0 Å². The van der Waals surface area contributed by atoms with Gasteiger partial charge in [0, 0.05) is 0 Å². The molecule has 0 heterocycles. The molecule has 0 aliphatic carbocycles. The Hall–Kier alpha value is -1.83. The number of aliphatic hydroxyl groups excluding tert-OH is 1. The Bertz CT molecular complexity index is 411. The number of amides is 2. The summed E-state index contributed by atoms with van der Waals surface area (Å²) in [5, 5.41) is 22.7. The van der Waals surface area contributed by atoms with Crippen LogP contribution in [0.2, 0.25) is 0 Å². The number of hydrogen-bond acceptors (Lipinski definition) is 5. The van der Waals surface area contributed by atoms with Gasteiger partial charge in [-0.25, -0.2) is 9.59 Å². The highest BCUT2D eigenvalue weighted by Gasteiger charge is 2.35. The fourth-order valence-corrected chi connectivity index (χ4v) is 1.33. The lowest BCUT2D eigenvalue weighted by atomic mass is 10.0. The molecule has 0 aromatic rings. The molecule has 21 heavy (non-hydrogen) atoms. The van der Waals surface area contributed by atoms with Gasteiger partial charge in [0.05, 0.1) is 6.10 Å². The highest BCUT2D eigenvalue weighted by atomic mass is 16.6. The molecule has 0 saturated carbocycles. The number of carbonyl (C=O) groups is 3. The third kappa shape index (κ3) is 6.94. The first kappa shape index (κ1) is 19.2. The Morgan fingerprint density at radius 2 is 1.57 bits per heavy atom. The van der Waals surface area contributed by atoms with Gasteiger partial charge in [0.25, 0.3) is 0 Å². The Morgan fingerprint density at radius 3 is 1.90 bits per heavy atom. The Morgan fingerprint density at radius 1 is 1.10 bits per heavy atom. The van der Waals surface area contributed by atoms with Gasteiger partial charge in [0.2, 0.25) is 5.91 Å². The molecular weight excluding hydrogens is 280 g/mol. The van der Waals surface area contributed by atoms with Gasteiger partial charge in [-0.2, -0.15) is 0 Å². The Kier molecular flexibility index (Phi) is 6.16. The van der Waals surface area contributed by atoms with E-state index in [1.165, 1.54) is 20.8 Å². The first-order valence-electron chi connectivity index (χ1n) is 6.49. The number of alkyl carbamates (subject to hydrolysis) is 1. The molecule has 0 spiro atoms. The van der Waals surface area contributed by atoms with Gasteiger partial charge in [-0.1, -0.05) is 0 Å². The summed E-state index contributed by atoms with van der Waals surface area (Å²) in [6, 6.07) is -1.46. The highest BCUT2D eigenvalue weighted by molar-refractivity contribution is 5.92. The molecule has 8 heteroatoms. The van der Waals surface area contributed by atoms with E-state index in [-0.39, 0.29) is 0 Å². The van der Waals surface area contributed by atoms with E-state index in [2.05, 4.69) is 10.6 Å². The summed E-state index contributed by atoms with van der Waals surface area (Å²) in [5.41, 5.74) is -2.12. The van der Waals surface area contributed by atoms with E-state index in [4.69, 9.17) is 9.84 Å². The summed E-state index contributed by atoms with van der Waals surface area (Å²) in [6.45, 7) is 9.06. The molecule has 0 saturated heterocycles. The molecule has 8 nitrogen and oxygen atoms in total. The van der Waals surface area contributed by atoms with Crippen molar-refractivity contribution >= 4 is 18.0 Å². The van der Waals surface area contributed by atoms with E-state index in [1.54, 1.807) is 20.8 Å². The molecule has 0 bridgehead atoms. The Balaban J connectivity index is 4.80. The third-order valence-electron chi connectivity index (χ3n) is 2.42. The number of ether oxygens (including phenoxy) is 1. The second kappa shape index (κ2) is 6.75. The summed E-state index contributed by atoms with van der Waals surface area (Å²) in [4.78, 5) is 34.6. The van der Waals surface area contributed by atoms with Crippen molar-refractivity contribution in [2.75, 3.05) is 0 Å². The van der Waals surface area contributed by atoms with Crippen molar-refractivity contribution in [3.05, 3.63) is 0 Å². The monoisotopic (exact) mass is 304 g/mol. The zero-order valence-electron chi connectivity index (χ0n) is 13.2. The van der Waals surface area contributed by atoms with E-state index in [9.17, 15) is 19.5 Å². The minimum atomic E-state index is -1.46. The molecule has 0 radical (unpaired) electrons. The fourth-order valence-electron chi connectivity index (χ4n) is 1.33. The maximum absolute atomic E-state index is 12.0. The number of carboxylic acids is 1. The molecule has 0 unspecified atom stereocenters. The van der Waals surface area contributed by atoms with Crippen LogP contribution in [0.4, 0.5) is 4.79 Å². The highest BCUT2D eigenvalue weighted by Crippen LogP contribution is 2.10. The number of aliphatic hydroxyl groups is 1. The van der Waals surface area contributed by atoms with Crippen molar-refractivity contribution in [1.29, 1.82) is 0 Å². The maximum Gasteiger partial charge on any atom is 0.408 e. The lowest BCUT2D eigenvalue weighted by molar-refractivity contribution is -0.145. The Labute approximate surface area is 123 Å². The number of aliphatic carboxylic acids is 1. The minimum absolute atomic E-state index is 0.722. The molecule has 0 fully saturated rings. The third-order valence-corrected chi connectivity index (χ3v) is 2.42. The SMILES string of the molecule is C[C@@H](O)[C@H](NC(=O)C(C)(C)NC(=O)OC(C)(C)C)C(=O)O. The predicted molar refractivity (Wildman–Crippen MR) is 74.7 cm³/mol. The van der Waals surface area contributed by atoms with Crippen LogP contribution in [0.1, 0.15) is 41.5 Å². The van der Waals surface area contributed by atoms with E-state index in [1.807, 2.05) is 0 Å². The average Bonchev–Trinajstić information content (AvgIpc) is 2.20. The molecule has 122 valence electrons. The summed E-state index contributed by atoms with van der Waals surface area (Å²) >= 11 is 0. The van der Waals surface area contributed by atoms with Crippen LogP contribution in [0, 0.1) is 0 Å². The molecule has 0 aromatic carbocycles. The smallest absolute Gasteiger partial charge is 0.408 e. The molecule has 2 atom stereocenters. The zero-order valence-corrected chi connectivity index (χ0v) is 13.2. The van der Waals surface area contributed by atoms with Gasteiger partial charge in [0.1, 0.15) is 11.1 Å². The van der Waals surface area contributed by atoms with Crippen LogP contribution in [0.3, 0.4) is 0 Å². The van der Waals surface area contributed by atoms with E-state index in [0.717, 1.165) is 0 Å². The molecule has 0 aliphatic rings. The molecule has 0 aliphatic heterocycles. The number of nitrogens with one attached hydrogen (secondary N) is 2. The summed E-state index contributed by atoms with van der Waals surface area (Å²) in [7, 11) is 0. The van der Waals surface area contributed by atoms with Crippen molar-refractivity contribution in [1.82, 2.24) is 10.6 Å². The second-order valence-electron chi connectivity index (χ2n) is 6.28. The molecule has 2 amide bonds. The second-order valence-corrected chi connectivity index (χ2v) is 6.28. The molecular formula is C13H24N2O6. The number of carbonyl (C=O) groups excluding carboxylic acids is 2. The number of rotatable bonds is 5. The normalized spacial score (nSPS) is 14.8. The molecule has 4 N–H and O–H groups in total. The quantitative estimate of drug-likeness (QED) is 0.576. The fraction of sp³-hybridized carbons (Fsp3) is 0.769. The summed E-state index contributed by atoms with van der Waals surface area (Å²) in [5.74, 6) is -2.12. The number of hydrogen-bond donors (Lipinski definition) is 4. The molecule has 0 aromatic heterocycles. The van der Waals surface area contributed by atoms with Gasteiger partial charge >= 0.3 is 12.1 Å². The average molecular weight is 304 g/mol. The first-order valence-corrected chi connectivity index (χ1v) is 6.49. The standard InChI is InChI=1S/C13H24N2O6/c1-7(16)8(9(17)18)14-10(19)13(5,6)15-11(20)21-12(2,3)4/h7-8,16H,1-6H3,(H,14,19)(H,15,20)(H,17,18)/t7-,8+/m1/s1. The van der Waals surface area contributed by atoms with Gasteiger partial charge in [-0.15, -0.1) is 0 Å². The van der Waals surface area contributed by atoms with E-state index in [0.29, 0.717) is 0 Å². The van der Waals surface area contributed by atoms with Crippen LogP contribution in [-0.4, -0.2) is 51.5 Å². The van der Waals surface area contributed by atoms with Crippen molar-refractivity contribution < 1.29 is 29.3 Å². The van der Waals surface area contributed by atoms with Crippen molar-refractivity contribution in [3.8, 4) is 0 Å². The lowest BCUT2D eigenvalue weighted by Crippen LogP contribution is -2.60. The van der Waals surface area contributed by atoms with E-state index < -0.39 is 41.3 Å². The van der Waals surface area contributed by atoms with Gasteiger partial charge in [-0.05, 0) is 41.5 Å². The largest absolute Gasteiger partial charge is 0.480 e. The van der Waals surface area contributed by atoms with Gasteiger partial charge in [0.15, 0.2) is 6.04 Å². The van der Waals surface area contributed by atoms with Crippen molar-refractivity contribution in [3.63, 3.8) is 0 Å². The molecule has 0 rings (SSSR count). The van der Waals surface area contributed by atoms with Gasteiger partial charge < -0.3 is 25.6 Å². The van der Waals surface area contributed by atoms with Crippen LogP contribution >= 0.6 is 0 Å². The van der Waals surface area contributed by atoms with Crippen LogP contribution in [0.15, 0.2) is 0 Å². The lowest BCUT2D eigenvalue weighted by Gasteiger charge is -2.29. The van der Waals surface area contributed by atoms with Crippen LogP contribution in [0.25, 0.3) is 0 Å². The minimum Gasteiger partial charge on any atom is -0.480 e. The van der Waals surface area contributed by atoms with Crippen LogP contribution in [-0.2, 0) is 14.3 Å². The summed E-state index contributed by atoms with van der Waals surface area (Å²) < 4.78 is 5.03. The van der Waals surface area contributed by atoms with Crippen LogP contribution < -0.4 is 10.6 Å². The topological polar surface area (TPSA) is 125 Å². The number of carboxylic acid groups (broad SMARTS) is 1. The first-order chi connectivity index (χ1) is 9.26. The van der Waals surface area contributed by atoms with Crippen LogP contribution in [0.5, 0.6) is 0 Å². The maximum atomic E-state index is 12.0. The van der Waals surface area contributed by atoms with Crippen molar-refractivity contribution in [2.45, 2.75) is 64.8 Å². The van der Waals surface area contributed by atoms with E-state index >= 15 is 0 Å². The zero-order chi connectivity index (χ0) is 17.0. The predicted octanol–water partition coefficient (Wildman–Crippen LogP) is 0.240. The van der Waals surface area contributed by atoms with Gasteiger partial charge in [-0.3, -0.25) is 4.79 Å². The summed E-state index contributed by atoms with van der Waals surface area (Å²) in [6.07, 6.45) is -2.07.